The summed E-state index contributed by atoms with van der Waals surface area (Å²) in [6, 6.07) is 12.9. The molecule has 1 atom stereocenters. The van der Waals surface area contributed by atoms with Gasteiger partial charge in [-0.25, -0.2) is 9.18 Å². The van der Waals surface area contributed by atoms with Crippen LogP contribution >= 0.6 is 11.3 Å². The van der Waals surface area contributed by atoms with Crippen LogP contribution in [0.5, 0.6) is 0 Å². The Morgan fingerprint density at radius 2 is 1.74 bits per heavy atom. The molecule has 2 N–H and O–H groups in total. The molecule has 0 bridgehead atoms. The number of likely N-dealkylation sites (tertiary alicyclic amines) is 1. The number of urea groups is 1. The number of halogens is 1. The first-order valence-electron chi connectivity index (χ1n) is 10.1. The minimum Gasteiger partial charge on any atom is -0.320 e. The first-order chi connectivity index (χ1) is 15.0. The van der Waals surface area contributed by atoms with E-state index in [1.807, 2.05) is 24.3 Å². The van der Waals surface area contributed by atoms with Gasteiger partial charge < -0.3 is 15.5 Å². The summed E-state index contributed by atoms with van der Waals surface area (Å²) in [5, 5.41) is 14.6. The van der Waals surface area contributed by atoms with Crippen LogP contribution in [0.2, 0.25) is 0 Å². The molecule has 1 aliphatic heterocycles. The molecule has 0 saturated carbocycles. The molecule has 160 valence electrons. The molecule has 2 heterocycles. The number of hydrogen-bond acceptors (Lipinski definition) is 5. The van der Waals surface area contributed by atoms with Crippen LogP contribution in [0.4, 0.5) is 20.6 Å². The van der Waals surface area contributed by atoms with E-state index in [-0.39, 0.29) is 22.9 Å². The van der Waals surface area contributed by atoms with Crippen LogP contribution in [0.15, 0.2) is 48.5 Å². The van der Waals surface area contributed by atoms with Crippen LogP contribution in [0, 0.1) is 5.82 Å². The third-order valence-corrected chi connectivity index (χ3v) is 6.17. The van der Waals surface area contributed by atoms with E-state index in [1.165, 1.54) is 29.8 Å². The number of hydrogen-bond donors (Lipinski definition) is 2. The Labute approximate surface area is 183 Å². The van der Waals surface area contributed by atoms with E-state index in [2.05, 4.69) is 27.8 Å². The second-order valence-corrected chi connectivity index (χ2v) is 8.25. The van der Waals surface area contributed by atoms with Gasteiger partial charge in [-0.1, -0.05) is 30.4 Å². The third-order valence-electron chi connectivity index (χ3n) is 5.15. The number of anilines is 2. The monoisotopic (exact) mass is 439 g/mol. The van der Waals surface area contributed by atoms with Crippen LogP contribution < -0.4 is 10.6 Å². The van der Waals surface area contributed by atoms with E-state index in [0.29, 0.717) is 17.2 Å². The summed E-state index contributed by atoms with van der Waals surface area (Å²) in [5.74, 6) is -0.794. The van der Waals surface area contributed by atoms with Gasteiger partial charge in [-0.15, -0.1) is 10.2 Å². The first-order valence-corrected chi connectivity index (χ1v) is 10.9. The van der Waals surface area contributed by atoms with Crippen molar-refractivity contribution in [2.45, 2.75) is 32.2 Å². The first kappa shape index (κ1) is 20.9. The van der Waals surface area contributed by atoms with Crippen LogP contribution in [0.1, 0.15) is 46.2 Å². The lowest BCUT2D eigenvalue weighted by atomic mass is 10.1. The highest BCUT2D eigenvalue weighted by Crippen LogP contribution is 2.34. The standard InChI is InChI=1S/C22H22FN5O2S/c1-2-14-5-9-17(10-6-14)25-22(30)28-13-3-4-18(28)20-26-27-21(31-20)19(29)24-16-11-7-15(23)8-12-16/h5-12,18H,2-4,13H2,1H3,(H,24,29)(H,25,30)/t18-/m0/s1. The predicted octanol–water partition coefficient (Wildman–Crippen LogP) is 4.86. The van der Waals surface area contributed by atoms with Crippen LogP contribution in [-0.2, 0) is 6.42 Å². The Hall–Kier alpha value is -3.33. The topological polar surface area (TPSA) is 87.2 Å². The van der Waals surface area contributed by atoms with Gasteiger partial charge in [-0.05, 0) is 61.2 Å². The Balaban J connectivity index is 1.42. The average molecular weight is 440 g/mol. The summed E-state index contributed by atoms with van der Waals surface area (Å²) in [7, 11) is 0. The van der Waals surface area contributed by atoms with Gasteiger partial charge in [0.05, 0.1) is 6.04 Å². The smallest absolute Gasteiger partial charge is 0.320 e. The molecule has 1 saturated heterocycles. The minimum absolute atomic E-state index is 0.195. The maximum Gasteiger partial charge on any atom is 0.322 e. The normalized spacial score (nSPS) is 15.7. The SMILES string of the molecule is CCc1ccc(NC(=O)N2CCC[C@H]2c2nnc(C(=O)Nc3ccc(F)cc3)s2)cc1. The summed E-state index contributed by atoms with van der Waals surface area (Å²) < 4.78 is 13.0. The van der Waals surface area contributed by atoms with Crippen LogP contribution in [0.3, 0.4) is 0 Å². The fourth-order valence-corrected chi connectivity index (χ4v) is 4.35. The number of aromatic nitrogens is 2. The lowest BCUT2D eigenvalue weighted by molar-refractivity contribution is 0.102. The molecule has 0 radical (unpaired) electrons. The summed E-state index contributed by atoms with van der Waals surface area (Å²) in [6.07, 6.45) is 2.55. The number of nitrogens with one attached hydrogen (secondary N) is 2. The van der Waals surface area contributed by atoms with Crippen LogP contribution in [-0.4, -0.2) is 33.6 Å². The fourth-order valence-electron chi connectivity index (χ4n) is 3.46. The number of benzene rings is 2. The molecular weight excluding hydrogens is 417 g/mol. The molecule has 31 heavy (non-hydrogen) atoms. The molecule has 4 rings (SSSR count). The zero-order chi connectivity index (χ0) is 21.8. The van der Waals surface area contributed by atoms with Gasteiger partial charge in [0.15, 0.2) is 0 Å². The zero-order valence-corrected chi connectivity index (χ0v) is 17.8. The highest BCUT2D eigenvalue weighted by atomic mass is 32.1. The summed E-state index contributed by atoms with van der Waals surface area (Å²) in [5.41, 5.74) is 2.42. The summed E-state index contributed by atoms with van der Waals surface area (Å²) in [6.45, 7) is 2.69. The number of aryl methyl sites for hydroxylation is 1. The molecule has 7 nitrogen and oxygen atoms in total. The third kappa shape index (κ3) is 4.88. The Bertz CT molecular complexity index is 1070. The van der Waals surface area contributed by atoms with Gasteiger partial charge in [0.1, 0.15) is 10.8 Å². The largest absolute Gasteiger partial charge is 0.322 e. The Morgan fingerprint density at radius 3 is 2.45 bits per heavy atom. The highest BCUT2D eigenvalue weighted by Gasteiger charge is 2.33. The van der Waals surface area contributed by atoms with E-state index in [4.69, 9.17) is 0 Å². The summed E-state index contributed by atoms with van der Waals surface area (Å²) >= 11 is 1.16. The van der Waals surface area contributed by atoms with E-state index in [0.717, 1.165) is 36.3 Å². The van der Waals surface area contributed by atoms with Crippen molar-refractivity contribution in [3.8, 4) is 0 Å². The number of rotatable bonds is 5. The molecule has 9 heteroatoms. The summed E-state index contributed by atoms with van der Waals surface area (Å²) in [4.78, 5) is 27.0. The maximum absolute atomic E-state index is 13.0. The minimum atomic E-state index is -0.416. The van der Waals surface area contributed by atoms with Crippen molar-refractivity contribution in [3.63, 3.8) is 0 Å². The average Bonchev–Trinajstić information content (AvgIpc) is 3.45. The molecule has 3 amide bonds. The lowest BCUT2D eigenvalue weighted by Crippen LogP contribution is -2.34. The van der Waals surface area contributed by atoms with E-state index in [1.54, 1.807) is 4.90 Å². The lowest BCUT2D eigenvalue weighted by Gasteiger charge is -2.23. The molecule has 0 spiro atoms. The van der Waals surface area contributed by atoms with E-state index < -0.39 is 5.91 Å². The second-order valence-electron chi connectivity index (χ2n) is 7.24. The number of amides is 3. The van der Waals surface area contributed by atoms with E-state index >= 15 is 0 Å². The second kappa shape index (κ2) is 9.22. The molecular formula is C22H22FN5O2S. The van der Waals surface area contributed by atoms with Gasteiger partial charge >= 0.3 is 6.03 Å². The molecule has 1 fully saturated rings. The highest BCUT2D eigenvalue weighted by molar-refractivity contribution is 7.13. The maximum atomic E-state index is 13.0. The van der Waals surface area contributed by atoms with Gasteiger partial charge in [-0.2, -0.15) is 0 Å². The Morgan fingerprint density at radius 1 is 1.06 bits per heavy atom. The van der Waals surface area contributed by atoms with Crippen LogP contribution in [0.25, 0.3) is 0 Å². The van der Waals surface area contributed by atoms with Gasteiger partial charge in [0.25, 0.3) is 5.91 Å². The zero-order valence-electron chi connectivity index (χ0n) is 17.0. The molecule has 1 aromatic heterocycles. The predicted molar refractivity (Wildman–Crippen MR) is 118 cm³/mol. The molecule has 1 aliphatic rings. The van der Waals surface area contributed by atoms with Crippen molar-refractivity contribution in [3.05, 3.63) is 69.9 Å². The molecule has 0 unspecified atom stereocenters. The molecule has 3 aromatic rings. The van der Waals surface area contributed by atoms with E-state index in [9.17, 15) is 14.0 Å². The van der Waals surface area contributed by atoms with Gasteiger partial charge in [-0.3, -0.25) is 4.79 Å². The Kier molecular flexibility index (Phi) is 6.22. The molecule has 0 aliphatic carbocycles. The van der Waals surface area contributed by atoms with Crippen molar-refractivity contribution in [1.82, 2.24) is 15.1 Å². The molecule has 2 aromatic carbocycles. The van der Waals surface area contributed by atoms with Crippen molar-refractivity contribution in [2.24, 2.45) is 0 Å². The number of carbonyl (C=O) groups is 2. The van der Waals surface area contributed by atoms with Crippen molar-refractivity contribution in [2.75, 3.05) is 17.2 Å². The van der Waals surface area contributed by atoms with Crippen molar-refractivity contribution in [1.29, 1.82) is 0 Å². The van der Waals surface area contributed by atoms with Gasteiger partial charge in [0.2, 0.25) is 5.01 Å². The van der Waals surface area contributed by atoms with Crippen molar-refractivity contribution < 1.29 is 14.0 Å². The van der Waals surface area contributed by atoms with Crippen molar-refractivity contribution >= 4 is 34.6 Å². The quantitative estimate of drug-likeness (QED) is 0.594. The number of nitrogens with zero attached hydrogens (tertiary/aromatic N) is 3. The number of carbonyl (C=O) groups excluding carboxylic acids is 2. The van der Waals surface area contributed by atoms with Gasteiger partial charge in [0, 0.05) is 17.9 Å². The fraction of sp³-hybridized carbons (Fsp3) is 0.273.